The molecule has 0 aliphatic heterocycles. The first-order chi connectivity index (χ1) is 14.1. The van der Waals surface area contributed by atoms with Crippen LogP contribution in [0.25, 0.3) is 0 Å². The molecular weight excluding hydrogens is 450 g/mol. The van der Waals surface area contributed by atoms with E-state index in [4.69, 9.17) is 21.1 Å². The quantitative estimate of drug-likeness (QED) is 0.375. The Hall–Kier alpha value is -2.01. The van der Waals surface area contributed by atoms with Gasteiger partial charge in [0, 0.05) is 22.6 Å². The van der Waals surface area contributed by atoms with Crippen molar-refractivity contribution in [3.8, 4) is 11.5 Å². The fourth-order valence-corrected chi connectivity index (χ4v) is 3.66. The van der Waals surface area contributed by atoms with E-state index in [1.165, 1.54) is 5.56 Å². The summed E-state index contributed by atoms with van der Waals surface area (Å²) in [5.41, 5.74) is 4.55. The Kier molecular flexibility index (Phi) is 7.99. The fraction of sp³-hybridized carbons (Fsp3) is 0.250. The first-order valence-corrected chi connectivity index (χ1v) is 10.8. The summed E-state index contributed by atoms with van der Waals surface area (Å²) in [6.07, 6.45) is 0. The van der Waals surface area contributed by atoms with Gasteiger partial charge in [0.05, 0.1) is 6.61 Å². The molecule has 1 N–H and O–H groups in total. The second-order valence-electron chi connectivity index (χ2n) is 6.73. The zero-order chi connectivity index (χ0) is 20.6. The van der Waals surface area contributed by atoms with Gasteiger partial charge in [-0.3, -0.25) is 0 Å². The van der Waals surface area contributed by atoms with Gasteiger partial charge in [-0.15, -0.1) is 0 Å². The highest BCUT2D eigenvalue weighted by Crippen LogP contribution is 2.34. The molecular formula is C24H25BrClNO2. The van der Waals surface area contributed by atoms with Gasteiger partial charge in [0.2, 0.25) is 0 Å². The minimum absolute atomic E-state index is 0.503. The third-order valence-electron chi connectivity index (χ3n) is 4.65. The number of hydrogen-bond donors (Lipinski definition) is 1. The number of benzene rings is 3. The van der Waals surface area contributed by atoms with Gasteiger partial charge in [-0.05, 0) is 54.3 Å². The van der Waals surface area contributed by atoms with Crippen LogP contribution in [-0.2, 0) is 19.7 Å². The van der Waals surface area contributed by atoms with Gasteiger partial charge in [0.1, 0.15) is 6.61 Å². The predicted octanol–water partition coefficient (Wildman–Crippen LogP) is 6.68. The number of nitrogens with one attached hydrogen (secondary N) is 1. The molecule has 0 saturated heterocycles. The molecule has 0 radical (unpaired) electrons. The normalized spacial score (nSPS) is 10.8. The number of aryl methyl sites for hydroxylation is 1. The van der Waals surface area contributed by atoms with Gasteiger partial charge in [-0.1, -0.05) is 70.0 Å². The monoisotopic (exact) mass is 473 g/mol. The molecule has 0 saturated carbocycles. The SMILES string of the molecule is CCOc1cc(CNCc2ccccc2Cl)c(Br)cc1OCc1ccccc1C. The maximum absolute atomic E-state index is 6.24. The highest BCUT2D eigenvalue weighted by atomic mass is 79.9. The predicted molar refractivity (Wildman–Crippen MR) is 123 cm³/mol. The molecule has 0 aliphatic carbocycles. The molecule has 152 valence electrons. The third kappa shape index (κ3) is 5.99. The third-order valence-corrected chi connectivity index (χ3v) is 5.75. The maximum Gasteiger partial charge on any atom is 0.162 e. The van der Waals surface area contributed by atoms with Crippen molar-refractivity contribution in [3.63, 3.8) is 0 Å². The van der Waals surface area contributed by atoms with Crippen LogP contribution < -0.4 is 14.8 Å². The maximum atomic E-state index is 6.24. The van der Waals surface area contributed by atoms with Crippen molar-refractivity contribution in [2.24, 2.45) is 0 Å². The zero-order valence-corrected chi connectivity index (χ0v) is 19.0. The summed E-state index contributed by atoms with van der Waals surface area (Å²) in [6, 6.07) is 20.1. The van der Waals surface area contributed by atoms with Crippen LogP contribution in [0.5, 0.6) is 11.5 Å². The summed E-state index contributed by atoms with van der Waals surface area (Å²) in [6.45, 7) is 6.53. The van der Waals surface area contributed by atoms with Crippen molar-refractivity contribution in [2.45, 2.75) is 33.5 Å². The van der Waals surface area contributed by atoms with E-state index in [1.54, 1.807) is 0 Å². The summed E-state index contributed by atoms with van der Waals surface area (Å²) >= 11 is 9.91. The highest BCUT2D eigenvalue weighted by Gasteiger charge is 2.12. The lowest BCUT2D eigenvalue weighted by Crippen LogP contribution is -2.13. The smallest absolute Gasteiger partial charge is 0.162 e. The summed E-state index contributed by atoms with van der Waals surface area (Å²) in [5, 5.41) is 4.22. The van der Waals surface area contributed by atoms with Gasteiger partial charge in [-0.25, -0.2) is 0 Å². The molecule has 29 heavy (non-hydrogen) atoms. The number of rotatable bonds is 9. The van der Waals surface area contributed by atoms with E-state index in [0.717, 1.165) is 37.7 Å². The van der Waals surface area contributed by atoms with Crippen molar-refractivity contribution >= 4 is 27.5 Å². The summed E-state index contributed by atoms with van der Waals surface area (Å²) in [7, 11) is 0. The molecule has 0 heterocycles. The molecule has 0 amide bonds. The minimum Gasteiger partial charge on any atom is -0.490 e. The lowest BCUT2D eigenvalue weighted by Gasteiger charge is -2.16. The van der Waals surface area contributed by atoms with Crippen LogP contribution in [0.4, 0.5) is 0 Å². The van der Waals surface area contributed by atoms with Crippen LogP contribution in [0, 0.1) is 6.92 Å². The molecule has 3 rings (SSSR count). The van der Waals surface area contributed by atoms with Crippen molar-refractivity contribution in [3.05, 3.63) is 92.4 Å². The van der Waals surface area contributed by atoms with Gasteiger partial charge < -0.3 is 14.8 Å². The van der Waals surface area contributed by atoms with E-state index in [-0.39, 0.29) is 0 Å². The number of hydrogen-bond acceptors (Lipinski definition) is 3. The summed E-state index contributed by atoms with van der Waals surface area (Å²) < 4.78 is 12.9. The van der Waals surface area contributed by atoms with Crippen LogP contribution in [0.2, 0.25) is 5.02 Å². The topological polar surface area (TPSA) is 30.5 Å². The Morgan fingerprint density at radius 1 is 0.862 bits per heavy atom. The minimum atomic E-state index is 0.503. The van der Waals surface area contributed by atoms with Crippen molar-refractivity contribution < 1.29 is 9.47 Å². The van der Waals surface area contributed by atoms with E-state index in [1.807, 2.05) is 55.5 Å². The molecule has 3 nitrogen and oxygen atoms in total. The fourth-order valence-electron chi connectivity index (χ4n) is 2.99. The van der Waals surface area contributed by atoms with E-state index in [0.29, 0.717) is 26.3 Å². The first-order valence-electron chi connectivity index (χ1n) is 9.65. The van der Waals surface area contributed by atoms with Crippen LogP contribution in [0.1, 0.15) is 29.2 Å². The van der Waals surface area contributed by atoms with Crippen LogP contribution in [-0.4, -0.2) is 6.61 Å². The molecule has 0 atom stereocenters. The standard InChI is InChI=1S/C24H25BrClNO2/c1-3-28-23-12-20(15-27-14-18-9-6-7-11-22(18)26)21(25)13-24(23)29-16-19-10-5-4-8-17(19)2/h4-13,27H,3,14-16H2,1-2H3. The van der Waals surface area contributed by atoms with E-state index >= 15 is 0 Å². The van der Waals surface area contributed by atoms with Crippen molar-refractivity contribution in [1.82, 2.24) is 5.32 Å². The molecule has 5 heteroatoms. The molecule has 0 aliphatic rings. The van der Waals surface area contributed by atoms with Crippen LogP contribution >= 0.6 is 27.5 Å². The second-order valence-corrected chi connectivity index (χ2v) is 8.00. The van der Waals surface area contributed by atoms with Crippen molar-refractivity contribution in [1.29, 1.82) is 0 Å². The van der Waals surface area contributed by atoms with Crippen molar-refractivity contribution in [2.75, 3.05) is 6.61 Å². The second kappa shape index (κ2) is 10.7. The largest absolute Gasteiger partial charge is 0.490 e. The summed E-state index contributed by atoms with van der Waals surface area (Å²) in [4.78, 5) is 0. The Morgan fingerprint density at radius 2 is 1.52 bits per heavy atom. The lowest BCUT2D eigenvalue weighted by molar-refractivity contribution is 0.268. The Morgan fingerprint density at radius 3 is 2.24 bits per heavy atom. The molecule has 0 bridgehead atoms. The Balaban J connectivity index is 1.70. The highest BCUT2D eigenvalue weighted by molar-refractivity contribution is 9.10. The summed E-state index contributed by atoms with van der Waals surface area (Å²) in [5.74, 6) is 1.48. The lowest BCUT2D eigenvalue weighted by atomic mass is 10.1. The number of halogens is 2. The zero-order valence-electron chi connectivity index (χ0n) is 16.7. The van der Waals surface area contributed by atoms with E-state index < -0.39 is 0 Å². The number of ether oxygens (including phenoxy) is 2. The van der Waals surface area contributed by atoms with Gasteiger partial charge in [0.25, 0.3) is 0 Å². The average molecular weight is 475 g/mol. The van der Waals surface area contributed by atoms with Crippen LogP contribution in [0.3, 0.4) is 0 Å². The first kappa shape index (κ1) is 21.7. The van der Waals surface area contributed by atoms with Gasteiger partial charge in [0.15, 0.2) is 11.5 Å². The van der Waals surface area contributed by atoms with E-state index in [9.17, 15) is 0 Å². The van der Waals surface area contributed by atoms with E-state index in [2.05, 4.69) is 40.3 Å². The molecule has 3 aromatic carbocycles. The average Bonchev–Trinajstić information content (AvgIpc) is 2.71. The Labute approximate surface area is 186 Å². The molecule has 0 spiro atoms. The Bertz CT molecular complexity index is 961. The van der Waals surface area contributed by atoms with Gasteiger partial charge in [-0.2, -0.15) is 0 Å². The molecule has 0 unspecified atom stereocenters. The molecule has 3 aromatic rings. The molecule has 0 fully saturated rings. The van der Waals surface area contributed by atoms with Crippen LogP contribution in [0.15, 0.2) is 65.1 Å². The molecule has 0 aromatic heterocycles. The van der Waals surface area contributed by atoms with Gasteiger partial charge >= 0.3 is 0 Å².